The topological polar surface area (TPSA) is 24.8 Å². The van der Waals surface area contributed by atoms with Gasteiger partial charge in [-0.15, -0.1) is 0 Å². The van der Waals surface area contributed by atoms with Crippen LogP contribution in [0.3, 0.4) is 0 Å². The van der Waals surface area contributed by atoms with Gasteiger partial charge < -0.3 is 4.98 Å². The van der Waals surface area contributed by atoms with Gasteiger partial charge in [-0.2, -0.15) is 8.97 Å². The highest BCUT2D eigenvalue weighted by molar-refractivity contribution is 9.10. The summed E-state index contributed by atoms with van der Waals surface area (Å²) in [5.74, 6) is 0. The number of aromatic amines is 1. The predicted octanol–water partition coefficient (Wildman–Crippen LogP) is 8.09. The lowest BCUT2D eigenvalue weighted by Gasteiger charge is -2.04. The standard InChI is InChI=1S/C29H18BrClN3/c30-19-11-9-18(10-12-19)28-29-27-26(22-5-1-3-7-24(22)32-27)23-6-2-4-8-25(23)34(29)17-33(28)21-15-13-20(31)14-16-21/h1-17,32H/q+1. The highest BCUT2D eigenvalue weighted by Crippen LogP contribution is 2.38. The highest BCUT2D eigenvalue weighted by atomic mass is 79.9. The van der Waals surface area contributed by atoms with Gasteiger partial charge in [-0.3, -0.25) is 0 Å². The zero-order valence-corrected chi connectivity index (χ0v) is 20.3. The maximum atomic E-state index is 6.23. The normalized spacial score (nSPS) is 11.8. The van der Waals surface area contributed by atoms with Gasteiger partial charge >= 0.3 is 0 Å². The Morgan fingerprint density at radius 1 is 0.765 bits per heavy atom. The Labute approximate surface area is 209 Å². The molecule has 0 atom stereocenters. The van der Waals surface area contributed by atoms with E-state index in [9.17, 15) is 0 Å². The van der Waals surface area contributed by atoms with E-state index in [1.807, 2.05) is 12.1 Å². The molecule has 3 aromatic heterocycles. The van der Waals surface area contributed by atoms with Crippen molar-refractivity contribution in [2.24, 2.45) is 0 Å². The number of nitrogens with one attached hydrogen (secondary N) is 1. The summed E-state index contributed by atoms with van der Waals surface area (Å²) in [6.45, 7) is 0. The second-order valence-corrected chi connectivity index (χ2v) is 9.83. The average molecular weight is 524 g/mol. The summed E-state index contributed by atoms with van der Waals surface area (Å²) in [5.41, 5.74) is 7.89. The molecule has 0 unspecified atom stereocenters. The van der Waals surface area contributed by atoms with Crippen molar-refractivity contribution in [3.8, 4) is 16.9 Å². The number of hydrogen-bond acceptors (Lipinski definition) is 0. The van der Waals surface area contributed by atoms with Crippen molar-refractivity contribution in [3.63, 3.8) is 0 Å². The van der Waals surface area contributed by atoms with E-state index in [0.29, 0.717) is 0 Å². The van der Waals surface area contributed by atoms with Crippen LogP contribution in [-0.2, 0) is 0 Å². The van der Waals surface area contributed by atoms with Crippen LogP contribution in [0.2, 0.25) is 5.02 Å². The van der Waals surface area contributed by atoms with Crippen LogP contribution in [0, 0.1) is 0 Å². The van der Waals surface area contributed by atoms with E-state index < -0.39 is 0 Å². The molecule has 0 aliphatic heterocycles. The van der Waals surface area contributed by atoms with Crippen LogP contribution in [0.4, 0.5) is 0 Å². The lowest BCUT2D eigenvalue weighted by molar-refractivity contribution is -0.480. The van der Waals surface area contributed by atoms with E-state index in [1.54, 1.807) is 0 Å². The van der Waals surface area contributed by atoms with E-state index in [2.05, 4.69) is 121 Å². The minimum atomic E-state index is 0.724. The van der Waals surface area contributed by atoms with Gasteiger partial charge in [0.1, 0.15) is 11.2 Å². The molecule has 0 spiro atoms. The van der Waals surface area contributed by atoms with Gasteiger partial charge in [-0.1, -0.05) is 57.9 Å². The van der Waals surface area contributed by atoms with E-state index in [4.69, 9.17) is 11.6 Å². The minimum Gasteiger partial charge on any atom is -0.351 e. The maximum Gasteiger partial charge on any atom is 0.255 e. The molecule has 0 saturated heterocycles. The number of H-pyrrole nitrogens is 1. The summed E-state index contributed by atoms with van der Waals surface area (Å²) < 4.78 is 5.62. The first-order valence-electron chi connectivity index (χ1n) is 11.1. The molecule has 0 amide bonds. The summed E-state index contributed by atoms with van der Waals surface area (Å²) in [6.07, 6.45) is 2.18. The summed E-state index contributed by atoms with van der Waals surface area (Å²) in [6, 6.07) is 33.7. The highest BCUT2D eigenvalue weighted by Gasteiger charge is 2.27. The zero-order valence-electron chi connectivity index (χ0n) is 18.0. The molecule has 0 saturated carbocycles. The fourth-order valence-electron chi connectivity index (χ4n) is 5.06. The van der Waals surface area contributed by atoms with Crippen LogP contribution in [0.25, 0.3) is 55.2 Å². The Hall–Kier alpha value is -3.60. The van der Waals surface area contributed by atoms with Crippen LogP contribution in [0.15, 0.2) is 108 Å². The van der Waals surface area contributed by atoms with Gasteiger partial charge in [0.25, 0.3) is 6.33 Å². The molecular weight excluding hydrogens is 506 g/mol. The van der Waals surface area contributed by atoms with Gasteiger partial charge in [-0.05, 0) is 66.7 Å². The average Bonchev–Trinajstić information content (AvgIpc) is 3.45. The Bertz CT molecular complexity index is 1860. The molecule has 3 nitrogen and oxygen atoms in total. The summed E-state index contributed by atoms with van der Waals surface area (Å²) in [5, 5.41) is 4.43. The second kappa shape index (κ2) is 7.45. The Morgan fingerprint density at radius 3 is 2.26 bits per heavy atom. The number of rotatable bonds is 2. The first-order chi connectivity index (χ1) is 16.7. The molecule has 0 fully saturated rings. The van der Waals surface area contributed by atoms with Crippen LogP contribution in [-0.4, -0.2) is 9.55 Å². The van der Waals surface area contributed by atoms with E-state index in [-0.39, 0.29) is 0 Å². The third-order valence-corrected chi connectivity index (χ3v) is 7.32. The summed E-state index contributed by atoms with van der Waals surface area (Å²) in [7, 11) is 0. The monoisotopic (exact) mass is 522 g/mol. The smallest absolute Gasteiger partial charge is 0.255 e. The van der Waals surface area contributed by atoms with E-state index in [1.165, 1.54) is 21.7 Å². The molecule has 7 aromatic rings. The third kappa shape index (κ3) is 2.86. The van der Waals surface area contributed by atoms with Gasteiger partial charge in [-0.25, -0.2) is 0 Å². The van der Waals surface area contributed by atoms with Crippen LogP contribution >= 0.6 is 27.5 Å². The predicted molar refractivity (Wildman–Crippen MR) is 144 cm³/mol. The number of aromatic nitrogens is 3. The molecular formula is C29H18BrClN3+. The number of nitrogens with zero attached hydrogens (tertiary/aromatic N) is 2. The van der Waals surface area contributed by atoms with Crippen LogP contribution < -0.4 is 4.40 Å². The number of fused-ring (bicyclic) bond motifs is 8. The van der Waals surface area contributed by atoms with Gasteiger partial charge in [0.2, 0.25) is 5.52 Å². The maximum absolute atomic E-state index is 6.23. The van der Waals surface area contributed by atoms with Crippen molar-refractivity contribution in [2.45, 2.75) is 0 Å². The number of pyridine rings is 1. The molecule has 1 N–H and O–H groups in total. The lowest BCUT2D eigenvalue weighted by atomic mass is 10.0. The van der Waals surface area contributed by atoms with Crippen LogP contribution in [0.5, 0.6) is 0 Å². The van der Waals surface area contributed by atoms with Crippen molar-refractivity contribution in [1.82, 2.24) is 9.55 Å². The number of hydrogen-bond donors (Lipinski definition) is 1. The Kier molecular flexibility index (Phi) is 4.35. The molecule has 4 aromatic carbocycles. The number of halogens is 2. The molecule has 0 aliphatic rings. The van der Waals surface area contributed by atoms with Gasteiger partial charge in [0.15, 0.2) is 5.69 Å². The number of imidazole rings is 1. The van der Waals surface area contributed by atoms with E-state index >= 15 is 0 Å². The van der Waals surface area contributed by atoms with Crippen molar-refractivity contribution >= 4 is 65.8 Å². The van der Waals surface area contributed by atoms with E-state index in [0.717, 1.165) is 43.0 Å². The molecule has 34 heavy (non-hydrogen) atoms. The van der Waals surface area contributed by atoms with Gasteiger partial charge in [0.05, 0.1) is 5.52 Å². The zero-order chi connectivity index (χ0) is 22.8. The van der Waals surface area contributed by atoms with Crippen LogP contribution in [0.1, 0.15) is 0 Å². The largest absolute Gasteiger partial charge is 0.351 e. The van der Waals surface area contributed by atoms with Crippen molar-refractivity contribution in [3.05, 3.63) is 113 Å². The minimum absolute atomic E-state index is 0.724. The fourth-order valence-corrected chi connectivity index (χ4v) is 5.45. The first kappa shape index (κ1) is 19.8. The fraction of sp³-hybridized carbons (Fsp3) is 0. The van der Waals surface area contributed by atoms with Gasteiger partial charge in [0, 0.05) is 36.7 Å². The first-order valence-corrected chi connectivity index (χ1v) is 12.3. The van der Waals surface area contributed by atoms with Crippen molar-refractivity contribution < 1.29 is 4.40 Å². The molecule has 0 aliphatic carbocycles. The second-order valence-electron chi connectivity index (χ2n) is 8.47. The lowest BCUT2D eigenvalue weighted by Crippen LogP contribution is -2.20. The van der Waals surface area contributed by atoms with Crippen molar-refractivity contribution in [1.29, 1.82) is 0 Å². The Balaban J connectivity index is 1.75. The number of benzene rings is 4. The molecule has 3 heterocycles. The molecule has 7 rings (SSSR count). The quantitative estimate of drug-likeness (QED) is 0.222. The molecule has 0 radical (unpaired) electrons. The molecule has 162 valence electrons. The summed E-state index contributed by atoms with van der Waals surface area (Å²) in [4.78, 5) is 3.74. The summed E-state index contributed by atoms with van der Waals surface area (Å²) >= 11 is 9.82. The Morgan fingerprint density at radius 2 is 1.47 bits per heavy atom. The molecule has 5 heteroatoms. The third-order valence-electron chi connectivity index (χ3n) is 6.54. The number of para-hydroxylation sites is 2. The SMILES string of the molecule is Clc1ccc(-n2c[n+]3c4ccccc4c4c5ccccc5[nH]c4c3c2-c2ccc(Br)cc2)cc1. The molecule has 0 bridgehead atoms. The van der Waals surface area contributed by atoms with Crippen molar-refractivity contribution in [2.75, 3.05) is 0 Å².